The Balaban J connectivity index is 2.07. The molecule has 1 unspecified atom stereocenters. The summed E-state index contributed by atoms with van der Waals surface area (Å²) in [4.78, 5) is 14.1. The number of likely N-dealkylation sites (tertiary alicyclic amines) is 1. The molecule has 1 aliphatic rings. The van der Waals surface area contributed by atoms with Crippen molar-refractivity contribution in [2.75, 3.05) is 19.7 Å². The SMILES string of the molecule is O=C(c1csc(C#CCO)c1)N1CCCC(C(F)(F)F)C1. The summed E-state index contributed by atoms with van der Waals surface area (Å²) in [6.45, 7) is -0.213. The van der Waals surface area contributed by atoms with Crippen LogP contribution in [0.25, 0.3) is 0 Å². The molecule has 1 amide bonds. The predicted octanol–water partition coefficient (Wildman–Crippen LogP) is 2.51. The first-order valence-corrected chi connectivity index (χ1v) is 7.34. The van der Waals surface area contributed by atoms with Crippen molar-refractivity contribution in [3.05, 3.63) is 21.9 Å². The van der Waals surface area contributed by atoms with Crippen molar-refractivity contribution in [2.45, 2.75) is 19.0 Å². The van der Waals surface area contributed by atoms with Crippen molar-refractivity contribution >= 4 is 17.2 Å². The largest absolute Gasteiger partial charge is 0.393 e. The van der Waals surface area contributed by atoms with Gasteiger partial charge in [-0.2, -0.15) is 13.2 Å². The van der Waals surface area contributed by atoms with Crippen LogP contribution in [0.5, 0.6) is 0 Å². The molecule has 114 valence electrons. The number of aliphatic hydroxyl groups excluding tert-OH is 1. The van der Waals surface area contributed by atoms with Gasteiger partial charge in [0.1, 0.15) is 6.61 Å². The first-order chi connectivity index (χ1) is 9.91. The van der Waals surface area contributed by atoms with Crippen molar-refractivity contribution in [3.8, 4) is 11.8 Å². The van der Waals surface area contributed by atoms with E-state index in [0.717, 1.165) is 0 Å². The van der Waals surface area contributed by atoms with Crippen LogP contribution in [0.1, 0.15) is 28.1 Å². The van der Waals surface area contributed by atoms with E-state index in [0.29, 0.717) is 23.4 Å². The predicted molar refractivity (Wildman–Crippen MR) is 73.0 cm³/mol. The van der Waals surface area contributed by atoms with Crippen molar-refractivity contribution < 1.29 is 23.1 Å². The molecule has 7 heteroatoms. The number of rotatable bonds is 1. The van der Waals surface area contributed by atoms with Gasteiger partial charge in [-0.25, -0.2) is 0 Å². The van der Waals surface area contributed by atoms with Crippen LogP contribution in [0.3, 0.4) is 0 Å². The molecule has 2 rings (SSSR count). The standard InChI is InChI=1S/C14H14F3NO2S/c15-14(16,17)11-3-1-5-18(8-11)13(20)10-7-12(21-9-10)4-2-6-19/h7,9,11,19H,1,3,5-6,8H2. The number of hydrogen-bond donors (Lipinski definition) is 1. The molecular formula is C14H14F3NO2S. The average molecular weight is 317 g/mol. The molecule has 1 aliphatic heterocycles. The Morgan fingerprint density at radius 2 is 2.29 bits per heavy atom. The molecule has 0 saturated carbocycles. The number of piperidine rings is 1. The molecule has 1 fully saturated rings. The molecule has 0 radical (unpaired) electrons. The summed E-state index contributed by atoms with van der Waals surface area (Å²) in [5, 5.41) is 10.2. The van der Waals surface area contributed by atoms with Gasteiger partial charge in [-0.05, 0) is 18.9 Å². The molecule has 1 saturated heterocycles. The number of amides is 1. The molecule has 1 atom stereocenters. The third kappa shape index (κ3) is 3.99. The van der Waals surface area contributed by atoms with Gasteiger partial charge < -0.3 is 10.0 Å². The number of alkyl halides is 3. The van der Waals surface area contributed by atoms with E-state index in [1.54, 1.807) is 11.4 Å². The van der Waals surface area contributed by atoms with E-state index in [1.807, 2.05) is 0 Å². The van der Waals surface area contributed by atoms with Crippen LogP contribution in [-0.2, 0) is 0 Å². The van der Waals surface area contributed by atoms with Crippen molar-refractivity contribution in [1.82, 2.24) is 4.90 Å². The lowest BCUT2D eigenvalue weighted by molar-refractivity contribution is -0.184. The van der Waals surface area contributed by atoms with E-state index in [4.69, 9.17) is 5.11 Å². The van der Waals surface area contributed by atoms with Crippen LogP contribution < -0.4 is 0 Å². The van der Waals surface area contributed by atoms with E-state index in [-0.39, 0.29) is 19.6 Å². The van der Waals surface area contributed by atoms with E-state index < -0.39 is 18.0 Å². The van der Waals surface area contributed by atoms with Gasteiger partial charge in [-0.15, -0.1) is 11.3 Å². The summed E-state index contributed by atoms with van der Waals surface area (Å²) in [5.41, 5.74) is 0.352. The maximum atomic E-state index is 12.7. The average Bonchev–Trinajstić information content (AvgIpc) is 2.92. The summed E-state index contributed by atoms with van der Waals surface area (Å²) in [6, 6.07) is 1.55. The maximum absolute atomic E-state index is 12.7. The minimum atomic E-state index is -4.26. The van der Waals surface area contributed by atoms with Gasteiger partial charge in [0.15, 0.2) is 0 Å². The molecular weight excluding hydrogens is 303 g/mol. The van der Waals surface area contributed by atoms with E-state index in [2.05, 4.69) is 11.8 Å². The second-order valence-electron chi connectivity index (χ2n) is 4.79. The van der Waals surface area contributed by atoms with Crippen LogP contribution >= 0.6 is 11.3 Å². The van der Waals surface area contributed by atoms with Gasteiger partial charge in [0, 0.05) is 18.5 Å². The van der Waals surface area contributed by atoms with E-state index >= 15 is 0 Å². The van der Waals surface area contributed by atoms with Crippen LogP contribution in [0.2, 0.25) is 0 Å². The highest BCUT2D eigenvalue weighted by atomic mass is 32.1. The molecule has 0 spiro atoms. The molecule has 3 nitrogen and oxygen atoms in total. The second-order valence-corrected chi connectivity index (χ2v) is 5.70. The van der Waals surface area contributed by atoms with Crippen LogP contribution in [0.4, 0.5) is 13.2 Å². The maximum Gasteiger partial charge on any atom is 0.393 e. The lowest BCUT2D eigenvalue weighted by Gasteiger charge is -2.33. The Bertz CT molecular complexity index is 571. The number of halogens is 3. The van der Waals surface area contributed by atoms with E-state index in [9.17, 15) is 18.0 Å². The Morgan fingerprint density at radius 1 is 1.52 bits per heavy atom. The number of carbonyl (C=O) groups excluding carboxylic acids is 1. The van der Waals surface area contributed by atoms with Gasteiger partial charge >= 0.3 is 6.18 Å². The summed E-state index contributed by atoms with van der Waals surface area (Å²) in [7, 11) is 0. The smallest absolute Gasteiger partial charge is 0.384 e. The highest BCUT2D eigenvalue weighted by Gasteiger charge is 2.42. The monoisotopic (exact) mass is 317 g/mol. The fourth-order valence-corrected chi connectivity index (χ4v) is 3.00. The van der Waals surface area contributed by atoms with Crippen LogP contribution in [-0.4, -0.2) is 41.8 Å². The summed E-state index contributed by atoms with van der Waals surface area (Å²) in [6.07, 6.45) is -3.83. The first-order valence-electron chi connectivity index (χ1n) is 6.46. The lowest BCUT2D eigenvalue weighted by Crippen LogP contribution is -2.44. The minimum Gasteiger partial charge on any atom is -0.384 e. The van der Waals surface area contributed by atoms with Gasteiger partial charge in [0.25, 0.3) is 5.91 Å². The molecule has 2 heterocycles. The minimum absolute atomic E-state index is 0.0736. The highest BCUT2D eigenvalue weighted by molar-refractivity contribution is 7.10. The zero-order valence-electron chi connectivity index (χ0n) is 11.1. The summed E-state index contributed by atoms with van der Waals surface area (Å²) < 4.78 is 38.2. The molecule has 0 bridgehead atoms. The Morgan fingerprint density at radius 3 is 2.95 bits per heavy atom. The van der Waals surface area contributed by atoms with Crippen LogP contribution in [0, 0.1) is 17.8 Å². The molecule has 21 heavy (non-hydrogen) atoms. The van der Waals surface area contributed by atoms with Crippen molar-refractivity contribution in [3.63, 3.8) is 0 Å². The quantitative estimate of drug-likeness (QED) is 0.809. The fourth-order valence-electron chi connectivity index (χ4n) is 2.25. The summed E-state index contributed by atoms with van der Waals surface area (Å²) >= 11 is 1.23. The van der Waals surface area contributed by atoms with Gasteiger partial charge in [-0.3, -0.25) is 4.79 Å². The second kappa shape index (κ2) is 6.50. The normalized spacial score (nSPS) is 19.0. The number of thiophene rings is 1. The molecule has 0 aliphatic carbocycles. The van der Waals surface area contributed by atoms with Crippen molar-refractivity contribution in [1.29, 1.82) is 0 Å². The first kappa shape index (κ1) is 15.9. The Labute approximate surface area is 124 Å². The topological polar surface area (TPSA) is 40.5 Å². The lowest BCUT2D eigenvalue weighted by atomic mass is 9.97. The van der Waals surface area contributed by atoms with Crippen LogP contribution in [0.15, 0.2) is 11.4 Å². The number of nitrogens with zero attached hydrogens (tertiary/aromatic N) is 1. The Kier molecular flexibility index (Phi) is 4.91. The summed E-state index contributed by atoms with van der Waals surface area (Å²) in [5.74, 6) is 3.31. The molecule has 1 N–H and O–H groups in total. The number of aliphatic hydroxyl groups is 1. The van der Waals surface area contributed by atoms with E-state index in [1.165, 1.54) is 16.2 Å². The number of carbonyl (C=O) groups is 1. The van der Waals surface area contributed by atoms with Crippen molar-refractivity contribution in [2.24, 2.45) is 5.92 Å². The fraction of sp³-hybridized carbons (Fsp3) is 0.500. The van der Waals surface area contributed by atoms with Gasteiger partial charge in [-0.1, -0.05) is 11.8 Å². The van der Waals surface area contributed by atoms with Gasteiger partial charge in [0.05, 0.1) is 16.4 Å². The third-order valence-electron chi connectivity index (χ3n) is 3.31. The molecule has 0 aromatic carbocycles. The number of hydrogen-bond acceptors (Lipinski definition) is 3. The molecule has 1 aromatic heterocycles. The highest BCUT2D eigenvalue weighted by Crippen LogP contribution is 2.33. The Hall–Kier alpha value is -1.52. The molecule has 1 aromatic rings. The van der Waals surface area contributed by atoms with Gasteiger partial charge in [0.2, 0.25) is 0 Å². The third-order valence-corrected chi connectivity index (χ3v) is 4.15. The zero-order chi connectivity index (χ0) is 15.5. The zero-order valence-corrected chi connectivity index (χ0v) is 11.9.